The number of halogens is 2. The molecule has 0 saturated carbocycles. The number of benzene rings is 1. The van der Waals surface area contributed by atoms with Gasteiger partial charge in [0, 0.05) is 5.88 Å². The Labute approximate surface area is 133 Å². The Morgan fingerprint density at radius 2 is 2.20 bits per heavy atom. The zero-order chi connectivity index (χ0) is 14.8. The minimum Gasteiger partial charge on any atom is -0.493 e. The molecule has 0 aromatic heterocycles. The highest BCUT2D eigenvalue weighted by molar-refractivity contribution is 9.10. The zero-order valence-corrected chi connectivity index (χ0v) is 14.4. The van der Waals surface area contributed by atoms with Crippen molar-refractivity contribution in [3.63, 3.8) is 0 Å². The quantitative estimate of drug-likeness (QED) is 0.719. The first-order valence-electron chi connectivity index (χ1n) is 6.68. The average Bonchev–Trinajstić information content (AvgIpc) is 2.76. The molecule has 1 aromatic rings. The van der Waals surface area contributed by atoms with Gasteiger partial charge in [0.2, 0.25) is 0 Å². The molecule has 1 unspecified atom stereocenters. The van der Waals surface area contributed by atoms with Crippen LogP contribution in [-0.4, -0.2) is 25.4 Å². The third-order valence-corrected chi connectivity index (χ3v) is 4.31. The third kappa shape index (κ3) is 3.80. The van der Waals surface area contributed by atoms with E-state index >= 15 is 0 Å². The van der Waals surface area contributed by atoms with Crippen molar-refractivity contribution in [1.82, 2.24) is 0 Å². The molecule has 0 radical (unpaired) electrons. The second-order valence-corrected chi connectivity index (χ2v) is 6.71. The number of hydrogen-bond acceptors (Lipinski definition) is 3. The number of hydrogen-bond donors (Lipinski definition) is 0. The molecule has 0 amide bonds. The van der Waals surface area contributed by atoms with E-state index in [1.165, 1.54) is 0 Å². The van der Waals surface area contributed by atoms with Crippen molar-refractivity contribution < 1.29 is 14.2 Å². The Bertz CT molecular complexity index is 476. The van der Waals surface area contributed by atoms with Crippen LogP contribution >= 0.6 is 27.5 Å². The van der Waals surface area contributed by atoms with E-state index in [1.54, 1.807) is 7.11 Å². The van der Waals surface area contributed by atoms with Crippen molar-refractivity contribution in [2.45, 2.75) is 44.3 Å². The summed E-state index contributed by atoms with van der Waals surface area (Å²) in [6.45, 7) is 4.75. The maximum Gasteiger partial charge on any atom is 0.175 e. The van der Waals surface area contributed by atoms with Crippen LogP contribution in [-0.2, 0) is 10.6 Å². The fraction of sp³-hybridized carbons (Fsp3) is 0.600. The van der Waals surface area contributed by atoms with Gasteiger partial charge in [0.05, 0.1) is 23.3 Å². The van der Waals surface area contributed by atoms with Gasteiger partial charge in [-0.1, -0.05) is 0 Å². The highest BCUT2D eigenvalue weighted by Gasteiger charge is 2.32. The van der Waals surface area contributed by atoms with E-state index in [0.717, 1.165) is 22.9 Å². The van der Waals surface area contributed by atoms with Crippen LogP contribution < -0.4 is 9.47 Å². The number of alkyl halides is 1. The molecule has 1 aliphatic heterocycles. The molecule has 2 rings (SSSR count). The van der Waals surface area contributed by atoms with E-state index in [1.807, 2.05) is 12.1 Å². The molecule has 0 aliphatic carbocycles. The van der Waals surface area contributed by atoms with Crippen molar-refractivity contribution in [2.75, 3.05) is 13.7 Å². The van der Waals surface area contributed by atoms with Gasteiger partial charge in [0.15, 0.2) is 11.5 Å². The van der Waals surface area contributed by atoms with Crippen LogP contribution in [0.3, 0.4) is 0 Å². The SMILES string of the molecule is COc1cc(CCl)cc(Br)c1OCC1CCC(C)(C)O1. The second kappa shape index (κ2) is 6.54. The molecule has 1 aromatic carbocycles. The van der Waals surface area contributed by atoms with E-state index in [2.05, 4.69) is 29.8 Å². The fourth-order valence-electron chi connectivity index (χ4n) is 2.36. The van der Waals surface area contributed by atoms with Crippen LogP contribution in [0.4, 0.5) is 0 Å². The summed E-state index contributed by atoms with van der Waals surface area (Å²) in [4.78, 5) is 0. The van der Waals surface area contributed by atoms with Crippen molar-refractivity contribution in [3.8, 4) is 11.5 Å². The van der Waals surface area contributed by atoms with Crippen LogP contribution in [0.1, 0.15) is 32.3 Å². The fourth-order valence-corrected chi connectivity index (χ4v) is 3.12. The lowest BCUT2D eigenvalue weighted by Gasteiger charge is -2.20. The van der Waals surface area contributed by atoms with Crippen LogP contribution in [0.5, 0.6) is 11.5 Å². The van der Waals surface area contributed by atoms with E-state index < -0.39 is 0 Å². The number of rotatable bonds is 5. The smallest absolute Gasteiger partial charge is 0.175 e. The predicted molar refractivity (Wildman–Crippen MR) is 83.9 cm³/mol. The highest BCUT2D eigenvalue weighted by Crippen LogP contribution is 2.38. The van der Waals surface area contributed by atoms with E-state index in [9.17, 15) is 0 Å². The maximum atomic E-state index is 5.93. The standard InChI is InChI=1S/C15H20BrClO3/c1-15(2)5-4-11(20-15)9-19-14-12(16)6-10(8-17)7-13(14)18-3/h6-7,11H,4-5,8-9H2,1-3H3. The lowest BCUT2D eigenvalue weighted by molar-refractivity contribution is -0.0329. The molecule has 1 saturated heterocycles. The predicted octanol–water partition coefficient (Wildman–Crippen LogP) is 4.53. The molecule has 20 heavy (non-hydrogen) atoms. The lowest BCUT2D eigenvalue weighted by Crippen LogP contribution is -2.24. The third-order valence-electron chi connectivity index (χ3n) is 3.41. The van der Waals surface area contributed by atoms with Gasteiger partial charge in [-0.25, -0.2) is 0 Å². The van der Waals surface area contributed by atoms with Gasteiger partial charge in [0.1, 0.15) is 6.61 Å². The summed E-state index contributed by atoms with van der Waals surface area (Å²) in [7, 11) is 1.63. The van der Waals surface area contributed by atoms with Crippen molar-refractivity contribution in [3.05, 3.63) is 22.2 Å². The summed E-state index contributed by atoms with van der Waals surface area (Å²) in [5.41, 5.74) is 0.943. The summed E-state index contributed by atoms with van der Waals surface area (Å²) >= 11 is 9.36. The highest BCUT2D eigenvalue weighted by atomic mass is 79.9. The summed E-state index contributed by atoms with van der Waals surface area (Å²) in [6, 6.07) is 3.84. The van der Waals surface area contributed by atoms with Crippen LogP contribution in [0.15, 0.2) is 16.6 Å². The maximum absolute atomic E-state index is 5.93. The summed E-state index contributed by atoms with van der Waals surface area (Å²) in [5.74, 6) is 1.83. The molecular weight excluding hydrogens is 344 g/mol. The normalized spacial score (nSPS) is 20.9. The Balaban J connectivity index is 2.06. The van der Waals surface area contributed by atoms with Gasteiger partial charge in [-0.3, -0.25) is 0 Å². The van der Waals surface area contributed by atoms with Gasteiger partial charge in [-0.05, 0) is 60.3 Å². The minimum absolute atomic E-state index is 0.0438. The number of ether oxygens (including phenoxy) is 3. The molecule has 0 spiro atoms. The molecule has 3 nitrogen and oxygen atoms in total. The molecule has 5 heteroatoms. The van der Waals surface area contributed by atoms with Gasteiger partial charge >= 0.3 is 0 Å². The molecule has 1 fully saturated rings. The first-order valence-corrected chi connectivity index (χ1v) is 8.01. The van der Waals surface area contributed by atoms with E-state index in [4.69, 9.17) is 25.8 Å². The average molecular weight is 364 g/mol. The first-order chi connectivity index (χ1) is 9.45. The van der Waals surface area contributed by atoms with Crippen molar-refractivity contribution in [1.29, 1.82) is 0 Å². The Hall–Kier alpha value is -0.450. The number of methoxy groups -OCH3 is 1. The van der Waals surface area contributed by atoms with Gasteiger partial charge in [-0.15, -0.1) is 11.6 Å². The summed E-state index contributed by atoms with van der Waals surface area (Å²) in [5, 5.41) is 0. The summed E-state index contributed by atoms with van der Waals surface area (Å²) in [6.07, 6.45) is 2.21. The molecule has 0 N–H and O–H groups in total. The topological polar surface area (TPSA) is 27.7 Å². The molecule has 112 valence electrons. The Morgan fingerprint density at radius 1 is 1.45 bits per heavy atom. The Kier molecular flexibility index (Phi) is 5.21. The largest absolute Gasteiger partial charge is 0.493 e. The molecule has 0 bridgehead atoms. The zero-order valence-electron chi connectivity index (χ0n) is 12.0. The molecule has 1 heterocycles. The molecule has 1 aliphatic rings. The van der Waals surface area contributed by atoms with Crippen LogP contribution in [0.25, 0.3) is 0 Å². The van der Waals surface area contributed by atoms with Gasteiger partial charge in [0.25, 0.3) is 0 Å². The van der Waals surface area contributed by atoms with E-state index in [-0.39, 0.29) is 11.7 Å². The molecular formula is C15H20BrClO3. The van der Waals surface area contributed by atoms with Crippen LogP contribution in [0.2, 0.25) is 0 Å². The monoisotopic (exact) mass is 362 g/mol. The molecule has 1 atom stereocenters. The Morgan fingerprint density at radius 3 is 2.75 bits per heavy atom. The minimum atomic E-state index is -0.0438. The van der Waals surface area contributed by atoms with Crippen molar-refractivity contribution >= 4 is 27.5 Å². The van der Waals surface area contributed by atoms with E-state index in [0.29, 0.717) is 24.0 Å². The second-order valence-electron chi connectivity index (χ2n) is 5.59. The van der Waals surface area contributed by atoms with Gasteiger partial charge < -0.3 is 14.2 Å². The summed E-state index contributed by atoms with van der Waals surface area (Å²) < 4.78 is 18.0. The first kappa shape index (κ1) is 15.9. The lowest BCUT2D eigenvalue weighted by atomic mass is 10.1. The van der Waals surface area contributed by atoms with Crippen LogP contribution in [0, 0.1) is 0 Å². The van der Waals surface area contributed by atoms with Gasteiger partial charge in [-0.2, -0.15) is 0 Å². The van der Waals surface area contributed by atoms with Crippen molar-refractivity contribution in [2.24, 2.45) is 0 Å².